The molecule has 0 saturated carbocycles. The minimum atomic E-state index is -4.32. The molecule has 98 valence electrons. The third-order valence-corrected chi connectivity index (χ3v) is 3.83. The Bertz CT molecular complexity index is 548. The summed E-state index contributed by atoms with van der Waals surface area (Å²) in [6.07, 6.45) is -2.72. The highest BCUT2D eigenvalue weighted by Crippen LogP contribution is 2.31. The van der Waals surface area contributed by atoms with Gasteiger partial charge in [0.15, 0.2) is 0 Å². The lowest BCUT2D eigenvalue weighted by Crippen LogP contribution is -2.10. The molecule has 0 aliphatic heterocycles. The van der Waals surface area contributed by atoms with Gasteiger partial charge in [-0.2, -0.15) is 18.3 Å². The minimum absolute atomic E-state index is 0.308. The standard InChI is InChI=1S/C12H12BrF3N2/c1-8(5-13)7-18-11-4-10(12(14,15)16)3-2-9(11)6-17-18/h2-4,6,8H,5,7H2,1H3/t8-/m1/s1. The van der Waals surface area contributed by atoms with E-state index >= 15 is 0 Å². The predicted molar refractivity (Wildman–Crippen MR) is 67.7 cm³/mol. The minimum Gasteiger partial charge on any atom is -0.265 e. The van der Waals surface area contributed by atoms with E-state index in [0.29, 0.717) is 18.0 Å². The Kier molecular flexibility index (Phi) is 3.66. The molecule has 0 radical (unpaired) electrons. The van der Waals surface area contributed by atoms with Gasteiger partial charge in [-0.25, -0.2) is 0 Å². The molecule has 0 unspecified atom stereocenters. The summed E-state index contributed by atoms with van der Waals surface area (Å²) < 4.78 is 39.6. The van der Waals surface area contributed by atoms with Gasteiger partial charge in [0.1, 0.15) is 0 Å². The molecule has 0 amide bonds. The Morgan fingerprint density at radius 3 is 2.72 bits per heavy atom. The summed E-state index contributed by atoms with van der Waals surface area (Å²) in [5.74, 6) is 0.308. The number of hydrogen-bond donors (Lipinski definition) is 0. The van der Waals surface area contributed by atoms with Gasteiger partial charge < -0.3 is 0 Å². The normalized spacial score (nSPS) is 14.1. The molecule has 1 aromatic heterocycles. The Labute approximate surface area is 111 Å². The fourth-order valence-electron chi connectivity index (χ4n) is 1.74. The van der Waals surface area contributed by atoms with Crippen molar-refractivity contribution < 1.29 is 13.2 Å². The molecule has 2 rings (SSSR count). The zero-order valence-electron chi connectivity index (χ0n) is 9.71. The van der Waals surface area contributed by atoms with Crippen LogP contribution in [-0.2, 0) is 12.7 Å². The summed E-state index contributed by atoms with van der Waals surface area (Å²) in [6, 6.07) is 3.70. The van der Waals surface area contributed by atoms with Crippen molar-refractivity contribution in [3.05, 3.63) is 30.0 Å². The van der Waals surface area contributed by atoms with E-state index in [1.165, 1.54) is 6.07 Å². The van der Waals surface area contributed by atoms with E-state index in [2.05, 4.69) is 21.0 Å². The first-order valence-electron chi connectivity index (χ1n) is 5.50. The second kappa shape index (κ2) is 4.91. The van der Waals surface area contributed by atoms with Crippen molar-refractivity contribution in [1.29, 1.82) is 0 Å². The number of fused-ring (bicyclic) bond motifs is 1. The van der Waals surface area contributed by atoms with Crippen LogP contribution in [0.25, 0.3) is 10.9 Å². The monoisotopic (exact) mass is 320 g/mol. The highest BCUT2D eigenvalue weighted by molar-refractivity contribution is 9.09. The van der Waals surface area contributed by atoms with Crippen molar-refractivity contribution in [3.8, 4) is 0 Å². The van der Waals surface area contributed by atoms with Gasteiger partial charge in [-0.15, -0.1) is 0 Å². The van der Waals surface area contributed by atoms with Crippen LogP contribution in [0.2, 0.25) is 0 Å². The second-order valence-corrected chi connectivity index (χ2v) is 5.00. The Morgan fingerprint density at radius 1 is 1.39 bits per heavy atom. The largest absolute Gasteiger partial charge is 0.416 e. The Hall–Kier alpha value is -1.04. The highest BCUT2D eigenvalue weighted by Gasteiger charge is 2.30. The molecule has 0 spiro atoms. The average Bonchev–Trinajstić information content (AvgIpc) is 2.70. The lowest BCUT2D eigenvalue weighted by molar-refractivity contribution is -0.137. The highest BCUT2D eigenvalue weighted by atomic mass is 79.9. The second-order valence-electron chi connectivity index (χ2n) is 4.36. The molecular formula is C12H12BrF3N2. The van der Waals surface area contributed by atoms with Crippen molar-refractivity contribution in [1.82, 2.24) is 9.78 Å². The van der Waals surface area contributed by atoms with E-state index in [9.17, 15) is 13.2 Å². The van der Waals surface area contributed by atoms with Gasteiger partial charge in [-0.1, -0.05) is 28.9 Å². The van der Waals surface area contributed by atoms with Crippen LogP contribution in [0.5, 0.6) is 0 Å². The van der Waals surface area contributed by atoms with Crippen LogP contribution >= 0.6 is 15.9 Å². The number of rotatable bonds is 3. The van der Waals surface area contributed by atoms with Gasteiger partial charge in [0.25, 0.3) is 0 Å². The third-order valence-electron chi connectivity index (χ3n) is 2.72. The molecule has 0 fully saturated rings. The fraction of sp³-hybridized carbons (Fsp3) is 0.417. The van der Waals surface area contributed by atoms with Crippen LogP contribution in [0.1, 0.15) is 12.5 Å². The van der Waals surface area contributed by atoms with Gasteiger partial charge >= 0.3 is 6.18 Å². The number of nitrogens with zero attached hydrogens (tertiary/aromatic N) is 2. The van der Waals surface area contributed by atoms with Gasteiger partial charge in [0.05, 0.1) is 17.3 Å². The zero-order chi connectivity index (χ0) is 13.3. The quantitative estimate of drug-likeness (QED) is 0.779. The van der Waals surface area contributed by atoms with Crippen molar-refractivity contribution in [2.45, 2.75) is 19.6 Å². The molecule has 1 atom stereocenters. The molecule has 1 aromatic carbocycles. The number of aromatic nitrogens is 2. The molecule has 0 saturated heterocycles. The maximum Gasteiger partial charge on any atom is 0.416 e. The van der Waals surface area contributed by atoms with Crippen LogP contribution in [-0.4, -0.2) is 15.1 Å². The summed E-state index contributed by atoms with van der Waals surface area (Å²) in [7, 11) is 0. The molecular weight excluding hydrogens is 309 g/mol. The zero-order valence-corrected chi connectivity index (χ0v) is 11.3. The van der Waals surface area contributed by atoms with Gasteiger partial charge in [-0.05, 0) is 18.1 Å². The van der Waals surface area contributed by atoms with Crippen LogP contribution in [0, 0.1) is 5.92 Å². The first-order valence-corrected chi connectivity index (χ1v) is 6.62. The van der Waals surface area contributed by atoms with Crippen molar-refractivity contribution >= 4 is 26.8 Å². The smallest absolute Gasteiger partial charge is 0.265 e. The van der Waals surface area contributed by atoms with Crippen LogP contribution in [0.4, 0.5) is 13.2 Å². The van der Waals surface area contributed by atoms with Crippen LogP contribution in [0.15, 0.2) is 24.4 Å². The number of benzene rings is 1. The SMILES string of the molecule is C[C@H](CBr)Cn1ncc2ccc(C(F)(F)F)cc21. The Morgan fingerprint density at radius 2 is 2.11 bits per heavy atom. The maximum atomic E-state index is 12.6. The summed E-state index contributed by atoms with van der Waals surface area (Å²) in [6.45, 7) is 2.60. The molecule has 6 heteroatoms. The van der Waals surface area contributed by atoms with Gasteiger partial charge in [0, 0.05) is 17.3 Å². The molecule has 0 bridgehead atoms. The van der Waals surface area contributed by atoms with E-state index in [1.807, 2.05) is 6.92 Å². The van der Waals surface area contributed by atoms with E-state index in [0.717, 1.165) is 22.8 Å². The summed E-state index contributed by atoms with van der Waals surface area (Å²) >= 11 is 3.35. The summed E-state index contributed by atoms with van der Waals surface area (Å²) in [4.78, 5) is 0. The van der Waals surface area contributed by atoms with Crippen molar-refractivity contribution in [2.75, 3.05) is 5.33 Å². The van der Waals surface area contributed by atoms with E-state index in [4.69, 9.17) is 0 Å². The first kappa shape index (κ1) is 13.4. The molecule has 0 aliphatic carbocycles. The molecule has 0 N–H and O–H groups in total. The van der Waals surface area contributed by atoms with Crippen LogP contribution in [0.3, 0.4) is 0 Å². The van der Waals surface area contributed by atoms with Gasteiger partial charge in [-0.3, -0.25) is 4.68 Å². The Balaban J connectivity index is 2.43. The molecule has 2 nitrogen and oxygen atoms in total. The van der Waals surface area contributed by atoms with Crippen LogP contribution < -0.4 is 0 Å². The number of hydrogen-bond acceptors (Lipinski definition) is 1. The lowest BCUT2D eigenvalue weighted by atomic mass is 10.1. The summed E-state index contributed by atoms with van der Waals surface area (Å²) in [5.41, 5.74) is -0.110. The first-order chi connectivity index (χ1) is 8.41. The van der Waals surface area contributed by atoms with E-state index in [-0.39, 0.29) is 0 Å². The fourth-order valence-corrected chi connectivity index (χ4v) is 1.94. The maximum absolute atomic E-state index is 12.6. The van der Waals surface area contributed by atoms with E-state index < -0.39 is 11.7 Å². The van der Waals surface area contributed by atoms with Gasteiger partial charge in [0.2, 0.25) is 0 Å². The van der Waals surface area contributed by atoms with E-state index in [1.54, 1.807) is 10.9 Å². The average molecular weight is 321 g/mol. The lowest BCUT2D eigenvalue weighted by Gasteiger charge is -2.10. The number of alkyl halides is 4. The molecule has 18 heavy (non-hydrogen) atoms. The summed E-state index contributed by atoms with van der Waals surface area (Å²) in [5, 5.41) is 5.65. The van der Waals surface area contributed by atoms with Crippen molar-refractivity contribution in [3.63, 3.8) is 0 Å². The molecule has 1 heterocycles. The molecule has 0 aliphatic rings. The third kappa shape index (κ3) is 2.68. The van der Waals surface area contributed by atoms with Crippen molar-refractivity contribution in [2.24, 2.45) is 5.92 Å². The predicted octanol–water partition coefficient (Wildman–Crippen LogP) is 4.09. The topological polar surface area (TPSA) is 17.8 Å². The molecule has 2 aromatic rings. The number of halogens is 4.